The predicted molar refractivity (Wildman–Crippen MR) is 121 cm³/mol. The van der Waals surface area contributed by atoms with Gasteiger partial charge in [-0.1, -0.05) is 24.6 Å². The summed E-state index contributed by atoms with van der Waals surface area (Å²) in [5.74, 6) is -0.0976. The second-order valence-corrected chi connectivity index (χ2v) is 10.6. The zero-order valence-corrected chi connectivity index (χ0v) is 19.3. The molecule has 0 bridgehead atoms. The fraction of sp³-hybridized carbons (Fsp3) is 0.435. The Hall–Kier alpha value is -2.82. The maximum Gasteiger partial charge on any atom is 0.269 e. The number of Topliss-reactive ketones (excluding diaryl/α,β-unsaturated/α-hetero) is 1. The van der Waals surface area contributed by atoms with Gasteiger partial charge in [-0.3, -0.25) is 4.79 Å². The molecule has 1 spiro atoms. The van der Waals surface area contributed by atoms with Crippen molar-refractivity contribution in [2.75, 3.05) is 25.1 Å². The van der Waals surface area contributed by atoms with Crippen LogP contribution >= 0.6 is 0 Å². The van der Waals surface area contributed by atoms with E-state index in [0.717, 1.165) is 16.0 Å². The molecule has 2 fully saturated rings. The number of aromatic nitrogens is 3. The Morgan fingerprint density at radius 2 is 1.91 bits per heavy atom. The molecule has 10 heteroatoms. The van der Waals surface area contributed by atoms with Gasteiger partial charge in [0.1, 0.15) is 11.3 Å². The van der Waals surface area contributed by atoms with Crippen LogP contribution in [0, 0.1) is 18.8 Å². The zero-order chi connectivity index (χ0) is 23.2. The van der Waals surface area contributed by atoms with Crippen molar-refractivity contribution in [2.24, 2.45) is 11.8 Å². The van der Waals surface area contributed by atoms with Crippen LogP contribution in [-0.2, 0) is 24.3 Å². The molecule has 2 aliphatic rings. The van der Waals surface area contributed by atoms with E-state index in [2.05, 4.69) is 15.3 Å². The Labute approximate surface area is 192 Å². The summed E-state index contributed by atoms with van der Waals surface area (Å²) >= 11 is 0. The van der Waals surface area contributed by atoms with Crippen molar-refractivity contribution in [1.82, 2.24) is 13.9 Å². The second kappa shape index (κ2) is 8.19. The summed E-state index contributed by atoms with van der Waals surface area (Å²) in [4.78, 5) is 21.8. The monoisotopic (exact) mass is 470 g/mol. The lowest BCUT2D eigenvalue weighted by Crippen LogP contribution is -2.29. The lowest BCUT2D eigenvalue weighted by molar-refractivity contribution is -0.155. The van der Waals surface area contributed by atoms with Crippen molar-refractivity contribution >= 4 is 32.8 Å². The van der Waals surface area contributed by atoms with E-state index in [9.17, 15) is 13.2 Å². The van der Waals surface area contributed by atoms with Gasteiger partial charge >= 0.3 is 0 Å². The molecule has 1 aliphatic carbocycles. The minimum atomic E-state index is -3.79. The van der Waals surface area contributed by atoms with Crippen LogP contribution in [0.5, 0.6) is 0 Å². The molecule has 2 atom stereocenters. The maximum atomic E-state index is 13.0. The third-order valence-electron chi connectivity index (χ3n) is 6.46. The quantitative estimate of drug-likeness (QED) is 0.585. The third-order valence-corrected chi connectivity index (χ3v) is 8.14. The van der Waals surface area contributed by atoms with Crippen LogP contribution in [-0.4, -0.2) is 53.7 Å². The predicted octanol–water partition coefficient (Wildman–Crippen LogP) is 2.75. The third kappa shape index (κ3) is 4.03. The van der Waals surface area contributed by atoms with Crippen LogP contribution in [0.2, 0.25) is 0 Å². The first-order valence-electron chi connectivity index (χ1n) is 11.0. The molecule has 174 valence electrons. The molecule has 1 saturated carbocycles. The van der Waals surface area contributed by atoms with Crippen LogP contribution in [0.3, 0.4) is 0 Å². The van der Waals surface area contributed by atoms with Crippen molar-refractivity contribution in [3.05, 3.63) is 48.3 Å². The fourth-order valence-corrected chi connectivity index (χ4v) is 6.01. The number of rotatable bonds is 6. The summed E-state index contributed by atoms with van der Waals surface area (Å²) in [5, 5.41) is 3.04. The summed E-state index contributed by atoms with van der Waals surface area (Å²) in [6.45, 7) is 5.19. The first kappa shape index (κ1) is 22.0. The Balaban J connectivity index is 1.30. The smallest absolute Gasteiger partial charge is 0.269 e. The lowest BCUT2D eigenvalue weighted by atomic mass is 9.93. The maximum absolute atomic E-state index is 13.0. The highest BCUT2D eigenvalue weighted by Gasteiger charge is 2.49. The molecule has 5 rings (SSSR count). The van der Waals surface area contributed by atoms with Crippen LogP contribution < -0.4 is 5.32 Å². The van der Waals surface area contributed by atoms with Crippen LogP contribution in [0.4, 0.5) is 5.82 Å². The van der Waals surface area contributed by atoms with Gasteiger partial charge in [0, 0.05) is 25.0 Å². The van der Waals surface area contributed by atoms with Gasteiger partial charge in [-0.25, -0.2) is 22.4 Å². The number of carbonyl (C=O) groups excluding carboxylic acids is 1. The Kier molecular flexibility index (Phi) is 5.46. The number of ether oxygens (including phenoxy) is 2. The van der Waals surface area contributed by atoms with Gasteiger partial charge in [0.25, 0.3) is 10.0 Å². The average Bonchev–Trinajstić information content (AvgIpc) is 3.51. The summed E-state index contributed by atoms with van der Waals surface area (Å²) < 4.78 is 38.7. The van der Waals surface area contributed by atoms with Gasteiger partial charge < -0.3 is 14.8 Å². The first-order valence-corrected chi connectivity index (χ1v) is 12.4. The minimum absolute atomic E-state index is 0.0693. The molecule has 33 heavy (non-hydrogen) atoms. The SMILES string of the molecule is Cc1ccc(S(=O)(=O)n2ccc3nc(NCC(=O)[C@H]4CC5(C[C@H]4C)OCCO5)cnc32)cc1. The van der Waals surface area contributed by atoms with Crippen molar-refractivity contribution in [3.63, 3.8) is 0 Å². The molecule has 1 aliphatic heterocycles. The van der Waals surface area contributed by atoms with E-state index in [1.165, 1.54) is 12.4 Å². The van der Waals surface area contributed by atoms with E-state index in [1.54, 1.807) is 30.3 Å². The molecule has 2 aromatic heterocycles. The van der Waals surface area contributed by atoms with E-state index < -0.39 is 15.8 Å². The Morgan fingerprint density at radius 1 is 1.18 bits per heavy atom. The fourth-order valence-electron chi connectivity index (χ4n) is 4.72. The topological polar surface area (TPSA) is 112 Å². The van der Waals surface area contributed by atoms with Crippen molar-refractivity contribution in [3.8, 4) is 0 Å². The molecular formula is C23H26N4O5S. The van der Waals surface area contributed by atoms with E-state index in [4.69, 9.17) is 9.47 Å². The first-order chi connectivity index (χ1) is 15.8. The number of benzene rings is 1. The molecule has 3 heterocycles. The van der Waals surface area contributed by atoms with Crippen LogP contribution in [0.25, 0.3) is 11.2 Å². The number of nitrogens with zero attached hydrogens (tertiary/aromatic N) is 3. The average molecular weight is 471 g/mol. The molecule has 9 nitrogen and oxygen atoms in total. The highest BCUT2D eigenvalue weighted by Crippen LogP contribution is 2.44. The number of nitrogens with one attached hydrogen (secondary N) is 1. The lowest BCUT2D eigenvalue weighted by Gasteiger charge is -2.21. The van der Waals surface area contributed by atoms with Crippen LogP contribution in [0.1, 0.15) is 25.3 Å². The largest absolute Gasteiger partial charge is 0.362 e. The van der Waals surface area contributed by atoms with Gasteiger partial charge in [0.2, 0.25) is 0 Å². The standard InChI is InChI=1S/C23H26N4O5S/c1-15-3-5-17(6-4-15)33(29,30)27-8-7-19-22(27)25-14-21(26-19)24-13-20(28)18-12-23(11-16(18)2)31-9-10-32-23/h3-8,14,16,18H,9-13H2,1-2H3,(H,24,26)/t16-,18+/m1/s1. The summed E-state index contributed by atoms with van der Waals surface area (Å²) in [6, 6.07) is 8.24. The van der Waals surface area contributed by atoms with E-state index in [-0.39, 0.29) is 34.7 Å². The van der Waals surface area contributed by atoms with E-state index in [1.807, 2.05) is 13.8 Å². The Morgan fingerprint density at radius 3 is 2.64 bits per heavy atom. The Bertz CT molecular complexity index is 1300. The highest BCUT2D eigenvalue weighted by molar-refractivity contribution is 7.90. The minimum Gasteiger partial charge on any atom is -0.362 e. The van der Waals surface area contributed by atoms with E-state index >= 15 is 0 Å². The van der Waals surface area contributed by atoms with Gasteiger partial charge in [0.15, 0.2) is 17.2 Å². The zero-order valence-electron chi connectivity index (χ0n) is 18.5. The molecule has 3 aromatic rings. The number of anilines is 1. The van der Waals surface area contributed by atoms with Gasteiger partial charge in [-0.15, -0.1) is 0 Å². The number of aryl methyl sites for hydroxylation is 1. The highest BCUT2D eigenvalue weighted by atomic mass is 32.2. The molecular weight excluding hydrogens is 444 g/mol. The summed E-state index contributed by atoms with van der Waals surface area (Å²) in [7, 11) is -3.79. The van der Waals surface area contributed by atoms with Crippen molar-refractivity contribution in [2.45, 2.75) is 37.4 Å². The van der Waals surface area contributed by atoms with Crippen LogP contribution in [0.15, 0.2) is 47.6 Å². The number of fused-ring (bicyclic) bond motifs is 1. The molecule has 0 radical (unpaired) electrons. The number of hydrogen-bond donors (Lipinski definition) is 1. The molecule has 0 unspecified atom stereocenters. The summed E-state index contributed by atoms with van der Waals surface area (Å²) in [6.07, 6.45) is 4.17. The number of hydrogen-bond acceptors (Lipinski definition) is 8. The van der Waals surface area contributed by atoms with Gasteiger partial charge in [-0.05, 0) is 31.0 Å². The van der Waals surface area contributed by atoms with E-state index in [0.29, 0.717) is 31.0 Å². The molecule has 1 N–H and O–H groups in total. The van der Waals surface area contributed by atoms with Crippen molar-refractivity contribution < 1.29 is 22.7 Å². The molecule has 0 amide bonds. The summed E-state index contributed by atoms with van der Waals surface area (Å²) in [5.41, 5.74) is 1.63. The van der Waals surface area contributed by atoms with Gasteiger partial charge in [-0.2, -0.15) is 0 Å². The normalized spacial score (nSPS) is 22.2. The van der Waals surface area contributed by atoms with Crippen molar-refractivity contribution in [1.29, 1.82) is 0 Å². The number of ketones is 1. The second-order valence-electron chi connectivity index (χ2n) is 8.81. The van der Waals surface area contributed by atoms with Gasteiger partial charge in [0.05, 0.1) is 30.9 Å². The molecule has 1 saturated heterocycles. The molecule has 1 aromatic carbocycles. The number of carbonyl (C=O) groups is 1.